The fraction of sp³-hybridized carbons (Fsp3) is 0.0189. The number of aryl methyl sites for hydroxylation is 1. The molecule has 0 aromatic heterocycles. The molecule has 0 unspecified atom stereocenters. The molecule has 0 saturated carbocycles. The maximum atomic E-state index is 2.54. The third-order valence-electron chi connectivity index (χ3n) is 12.5. The topological polar surface area (TPSA) is 0 Å². The largest absolute Gasteiger partial charge is 0.0622 e. The van der Waals surface area contributed by atoms with Gasteiger partial charge in [-0.1, -0.05) is 152 Å². The minimum absolute atomic E-state index is 1.26. The van der Waals surface area contributed by atoms with Crippen molar-refractivity contribution in [3.8, 4) is 22.3 Å². The van der Waals surface area contributed by atoms with E-state index < -0.39 is 0 Å². The second-order valence-corrected chi connectivity index (χ2v) is 15.2. The number of benzene rings is 11. The van der Waals surface area contributed by atoms with E-state index in [1.54, 1.807) is 0 Å². The lowest BCUT2D eigenvalue weighted by molar-refractivity contribution is 1.53. The molecule has 0 atom stereocenters. The molecule has 0 aliphatic rings. The molecule has 0 fully saturated rings. The third-order valence-corrected chi connectivity index (χ3v) is 12.5. The van der Waals surface area contributed by atoms with Crippen LogP contribution in [0.1, 0.15) is 5.56 Å². The van der Waals surface area contributed by atoms with Crippen molar-refractivity contribution >= 4 is 108 Å². The normalized spacial score (nSPS) is 12.6. The van der Waals surface area contributed by atoms with E-state index in [-0.39, 0.29) is 0 Å². The van der Waals surface area contributed by atoms with Gasteiger partial charge in [0.2, 0.25) is 0 Å². The van der Waals surface area contributed by atoms with Crippen LogP contribution in [0.15, 0.2) is 164 Å². The molecule has 53 heavy (non-hydrogen) atoms. The van der Waals surface area contributed by atoms with Gasteiger partial charge in [-0.3, -0.25) is 0 Å². The van der Waals surface area contributed by atoms with Crippen LogP contribution in [0.25, 0.3) is 130 Å². The first kappa shape index (κ1) is 27.9. The minimum Gasteiger partial charge on any atom is -0.0622 e. The molecule has 0 N–H and O–H groups in total. The maximum Gasteiger partial charge on any atom is -0.000741 e. The Morgan fingerprint density at radius 1 is 0.245 bits per heavy atom. The van der Waals surface area contributed by atoms with Gasteiger partial charge in [-0.2, -0.15) is 0 Å². The Bertz CT molecular complexity index is 3500. The first-order chi connectivity index (χ1) is 26.2. The van der Waals surface area contributed by atoms with Gasteiger partial charge in [0.1, 0.15) is 0 Å². The molecule has 13 aromatic carbocycles. The fourth-order valence-electron chi connectivity index (χ4n) is 10.5. The van der Waals surface area contributed by atoms with Gasteiger partial charge in [0.25, 0.3) is 0 Å². The Morgan fingerprint density at radius 2 is 0.679 bits per heavy atom. The van der Waals surface area contributed by atoms with Crippen LogP contribution in [-0.2, 0) is 0 Å². The highest BCUT2D eigenvalue weighted by Gasteiger charge is 2.25. The summed E-state index contributed by atoms with van der Waals surface area (Å²) in [5, 5.41) is 26.8. The third kappa shape index (κ3) is 3.42. The molecular weight excluding hydrogens is 637 g/mol. The van der Waals surface area contributed by atoms with Crippen LogP contribution in [0.5, 0.6) is 0 Å². The monoisotopic (exact) mass is 666 g/mol. The van der Waals surface area contributed by atoms with Crippen LogP contribution < -0.4 is 0 Å². The molecule has 0 heterocycles. The minimum atomic E-state index is 1.26. The van der Waals surface area contributed by atoms with Gasteiger partial charge < -0.3 is 0 Å². The zero-order valence-electron chi connectivity index (χ0n) is 29.1. The number of fused-ring (bicyclic) bond motifs is 9. The highest BCUT2D eigenvalue weighted by atomic mass is 14.3. The van der Waals surface area contributed by atoms with Gasteiger partial charge in [-0.15, -0.1) is 0 Å². The molecule has 0 radical (unpaired) electrons. The van der Waals surface area contributed by atoms with Gasteiger partial charge in [-0.05, 0) is 155 Å². The van der Waals surface area contributed by atoms with Crippen LogP contribution in [0.4, 0.5) is 0 Å². The van der Waals surface area contributed by atoms with Gasteiger partial charge in [0.15, 0.2) is 0 Å². The van der Waals surface area contributed by atoms with Gasteiger partial charge in [0.05, 0.1) is 0 Å². The first-order valence-electron chi connectivity index (χ1n) is 18.7. The van der Waals surface area contributed by atoms with Crippen molar-refractivity contribution in [3.05, 3.63) is 169 Å². The molecule has 0 bridgehead atoms. The van der Waals surface area contributed by atoms with Crippen molar-refractivity contribution in [3.63, 3.8) is 0 Å². The predicted octanol–water partition coefficient (Wildman–Crippen LogP) is 15.2. The molecule has 0 amide bonds. The SMILES string of the molecule is Cc1cc2cccc3c4ccc5c6cc7c(-c8ccccc8)c8c9cccc%10cccc(c8c(-c8ccccc8)c7cc6c6ccc(c(c1)c23)c4c56)c%109. The van der Waals surface area contributed by atoms with Crippen LogP contribution in [0.2, 0.25) is 0 Å². The maximum absolute atomic E-state index is 2.54. The van der Waals surface area contributed by atoms with Crippen molar-refractivity contribution < 1.29 is 0 Å². The highest BCUT2D eigenvalue weighted by molar-refractivity contribution is 6.45. The van der Waals surface area contributed by atoms with Crippen LogP contribution >= 0.6 is 0 Å². The lowest BCUT2D eigenvalue weighted by Gasteiger charge is -2.17. The van der Waals surface area contributed by atoms with E-state index in [4.69, 9.17) is 0 Å². The predicted molar refractivity (Wildman–Crippen MR) is 231 cm³/mol. The first-order valence-corrected chi connectivity index (χ1v) is 18.7. The van der Waals surface area contributed by atoms with Crippen LogP contribution in [0, 0.1) is 6.92 Å². The summed E-state index contributed by atoms with van der Waals surface area (Å²) in [5.41, 5.74) is 6.46. The molecule has 13 aromatic rings. The van der Waals surface area contributed by atoms with E-state index in [2.05, 4.69) is 171 Å². The lowest BCUT2D eigenvalue weighted by Crippen LogP contribution is -1.89. The molecule has 0 saturated heterocycles. The average molecular weight is 667 g/mol. The van der Waals surface area contributed by atoms with Crippen molar-refractivity contribution in [1.82, 2.24) is 0 Å². The summed E-state index contributed by atoms with van der Waals surface area (Å²) in [7, 11) is 0. The number of rotatable bonds is 2. The van der Waals surface area contributed by atoms with E-state index in [1.807, 2.05) is 0 Å². The lowest BCUT2D eigenvalue weighted by atomic mass is 9.85. The molecule has 13 rings (SSSR count). The van der Waals surface area contributed by atoms with E-state index in [9.17, 15) is 0 Å². The van der Waals surface area contributed by atoms with E-state index in [1.165, 1.54) is 136 Å². The quantitative estimate of drug-likeness (QED) is 0.127. The van der Waals surface area contributed by atoms with E-state index in [0.29, 0.717) is 0 Å². The summed E-state index contributed by atoms with van der Waals surface area (Å²) in [6.07, 6.45) is 0. The van der Waals surface area contributed by atoms with E-state index >= 15 is 0 Å². The molecule has 0 heteroatoms. The molecule has 0 aliphatic carbocycles. The average Bonchev–Trinajstić information content (AvgIpc) is 3.70. The summed E-state index contributed by atoms with van der Waals surface area (Å²) in [4.78, 5) is 0. The Labute approximate surface area is 305 Å². The molecular formula is C53H30. The summed E-state index contributed by atoms with van der Waals surface area (Å²) in [6, 6.07) is 62.2. The van der Waals surface area contributed by atoms with Crippen molar-refractivity contribution in [2.75, 3.05) is 0 Å². The fourth-order valence-corrected chi connectivity index (χ4v) is 10.5. The van der Waals surface area contributed by atoms with Crippen LogP contribution in [0.3, 0.4) is 0 Å². The Hall–Kier alpha value is -6.76. The van der Waals surface area contributed by atoms with Crippen molar-refractivity contribution in [1.29, 1.82) is 0 Å². The summed E-state index contributed by atoms with van der Waals surface area (Å²) in [6.45, 7) is 2.23. The Balaban J connectivity index is 1.30. The van der Waals surface area contributed by atoms with Crippen molar-refractivity contribution in [2.45, 2.75) is 6.92 Å². The summed E-state index contributed by atoms with van der Waals surface area (Å²) in [5.74, 6) is 0. The standard InChI is InChI=1S/C53H30/c1-29-25-33-17-10-18-34-35-21-22-36-41-27-44-45(28-42(41)37-23-24-38(50(35)51(36)37)43(26-29)47(33)34)49(32-13-6-3-7-14-32)53-40-20-9-16-30-15-8-19-39(46(30)40)52(53)48(44)31-11-4-2-5-12-31/h2-28H,1H3. The second kappa shape index (κ2) is 9.76. The second-order valence-electron chi connectivity index (χ2n) is 15.2. The summed E-state index contributed by atoms with van der Waals surface area (Å²) >= 11 is 0. The zero-order chi connectivity index (χ0) is 34.5. The number of hydrogen-bond acceptors (Lipinski definition) is 0. The molecule has 0 spiro atoms. The Morgan fingerprint density at radius 3 is 1.23 bits per heavy atom. The summed E-state index contributed by atoms with van der Waals surface area (Å²) < 4.78 is 0. The molecule has 0 aliphatic heterocycles. The number of hydrogen-bond donors (Lipinski definition) is 0. The molecule has 0 nitrogen and oxygen atoms in total. The van der Waals surface area contributed by atoms with Crippen molar-refractivity contribution in [2.24, 2.45) is 0 Å². The smallest absolute Gasteiger partial charge is 0.000741 e. The zero-order valence-corrected chi connectivity index (χ0v) is 29.1. The highest BCUT2D eigenvalue weighted by Crippen LogP contribution is 2.54. The Kier molecular flexibility index (Phi) is 5.14. The van der Waals surface area contributed by atoms with Gasteiger partial charge >= 0.3 is 0 Å². The van der Waals surface area contributed by atoms with Crippen LogP contribution in [-0.4, -0.2) is 0 Å². The van der Waals surface area contributed by atoms with Gasteiger partial charge in [0, 0.05) is 0 Å². The van der Waals surface area contributed by atoms with E-state index in [0.717, 1.165) is 0 Å². The molecule has 242 valence electrons. The van der Waals surface area contributed by atoms with Gasteiger partial charge in [-0.25, -0.2) is 0 Å².